The lowest BCUT2D eigenvalue weighted by molar-refractivity contribution is 0.335. The van der Waals surface area contributed by atoms with E-state index in [2.05, 4.69) is 11.1 Å². The molecule has 0 amide bonds. The third kappa shape index (κ3) is 2.93. The second-order valence-electron chi connectivity index (χ2n) is 4.66. The van der Waals surface area contributed by atoms with E-state index in [-0.39, 0.29) is 6.04 Å². The van der Waals surface area contributed by atoms with Gasteiger partial charge in [0.1, 0.15) is 5.75 Å². The summed E-state index contributed by atoms with van der Waals surface area (Å²) in [4.78, 5) is 4.47. The lowest BCUT2D eigenvalue weighted by Crippen LogP contribution is -2.16. The average molecular weight is 256 g/mol. The van der Waals surface area contributed by atoms with Crippen molar-refractivity contribution in [1.29, 1.82) is 0 Å². The first-order valence-electron chi connectivity index (χ1n) is 6.54. The largest absolute Gasteiger partial charge is 0.494 e. The number of aryl methyl sites for hydroxylation is 2. The highest BCUT2D eigenvalue weighted by molar-refractivity contribution is 5.41. The van der Waals surface area contributed by atoms with Crippen LogP contribution in [0.5, 0.6) is 5.75 Å². The highest BCUT2D eigenvalue weighted by Crippen LogP contribution is 2.28. The van der Waals surface area contributed by atoms with Crippen LogP contribution in [0.15, 0.2) is 36.5 Å². The van der Waals surface area contributed by atoms with E-state index in [0.29, 0.717) is 6.61 Å². The zero-order valence-corrected chi connectivity index (χ0v) is 11.7. The monoisotopic (exact) mass is 256 g/mol. The van der Waals surface area contributed by atoms with E-state index in [1.54, 1.807) is 0 Å². The van der Waals surface area contributed by atoms with Crippen molar-refractivity contribution in [3.05, 3.63) is 58.9 Å². The van der Waals surface area contributed by atoms with Crippen molar-refractivity contribution in [3.63, 3.8) is 0 Å². The van der Waals surface area contributed by atoms with Crippen LogP contribution in [0.3, 0.4) is 0 Å². The highest BCUT2D eigenvalue weighted by Gasteiger charge is 2.16. The molecular weight excluding hydrogens is 236 g/mol. The fourth-order valence-electron chi connectivity index (χ4n) is 2.22. The molecule has 1 aromatic heterocycles. The third-order valence-electron chi connectivity index (χ3n) is 3.10. The van der Waals surface area contributed by atoms with Gasteiger partial charge in [0, 0.05) is 11.8 Å². The Kier molecular flexibility index (Phi) is 4.17. The van der Waals surface area contributed by atoms with Crippen LogP contribution < -0.4 is 10.5 Å². The number of aromatic nitrogens is 1. The summed E-state index contributed by atoms with van der Waals surface area (Å²) in [7, 11) is 0. The van der Waals surface area contributed by atoms with Gasteiger partial charge in [-0.3, -0.25) is 4.98 Å². The molecule has 0 bridgehead atoms. The zero-order chi connectivity index (χ0) is 13.8. The Morgan fingerprint density at radius 3 is 2.68 bits per heavy atom. The van der Waals surface area contributed by atoms with Gasteiger partial charge in [0.2, 0.25) is 0 Å². The first-order valence-corrected chi connectivity index (χ1v) is 6.54. The van der Waals surface area contributed by atoms with E-state index < -0.39 is 0 Å². The summed E-state index contributed by atoms with van der Waals surface area (Å²) >= 11 is 0. The molecule has 2 rings (SSSR count). The molecule has 2 aromatic rings. The van der Waals surface area contributed by atoms with Gasteiger partial charge in [-0.25, -0.2) is 0 Å². The van der Waals surface area contributed by atoms with Crippen molar-refractivity contribution in [1.82, 2.24) is 4.98 Å². The number of nitrogens with two attached hydrogens (primary N) is 1. The summed E-state index contributed by atoms with van der Waals surface area (Å²) < 4.78 is 5.64. The fraction of sp³-hybridized carbons (Fsp3) is 0.312. The molecule has 0 aliphatic heterocycles. The number of ether oxygens (including phenoxy) is 1. The van der Waals surface area contributed by atoms with Gasteiger partial charge in [0.25, 0.3) is 0 Å². The Hall–Kier alpha value is -1.87. The maximum atomic E-state index is 6.36. The fourth-order valence-corrected chi connectivity index (χ4v) is 2.22. The van der Waals surface area contributed by atoms with Crippen LogP contribution in [-0.4, -0.2) is 11.6 Å². The molecule has 100 valence electrons. The molecular formula is C16H20N2O. The first kappa shape index (κ1) is 13.6. The molecule has 19 heavy (non-hydrogen) atoms. The maximum Gasteiger partial charge on any atom is 0.124 e. The normalized spacial score (nSPS) is 12.2. The van der Waals surface area contributed by atoms with E-state index >= 15 is 0 Å². The molecule has 0 aliphatic rings. The maximum absolute atomic E-state index is 6.36. The van der Waals surface area contributed by atoms with Gasteiger partial charge in [0.05, 0.1) is 18.3 Å². The second-order valence-corrected chi connectivity index (χ2v) is 4.66. The predicted octanol–water partition coefficient (Wildman–Crippen LogP) is 3.15. The van der Waals surface area contributed by atoms with Crippen molar-refractivity contribution < 1.29 is 4.74 Å². The van der Waals surface area contributed by atoms with Crippen LogP contribution >= 0.6 is 0 Å². The summed E-state index contributed by atoms with van der Waals surface area (Å²) in [6.45, 7) is 6.67. The zero-order valence-electron chi connectivity index (χ0n) is 11.7. The van der Waals surface area contributed by atoms with E-state index in [9.17, 15) is 0 Å². The van der Waals surface area contributed by atoms with Gasteiger partial charge < -0.3 is 10.5 Å². The Bertz CT molecular complexity index is 566. The summed E-state index contributed by atoms with van der Waals surface area (Å²) in [6, 6.07) is 9.71. The molecule has 3 heteroatoms. The molecule has 0 aliphatic carbocycles. The standard InChI is InChI=1S/C16H20N2O/c1-4-19-14-8-6-5-7-13(14)15(17)16-12(3)9-11(2)10-18-16/h5-10,15H,4,17H2,1-3H3. The minimum absolute atomic E-state index is 0.261. The number of pyridine rings is 1. The molecule has 0 fully saturated rings. The molecule has 3 nitrogen and oxygen atoms in total. The predicted molar refractivity (Wildman–Crippen MR) is 77.4 cm³/mol. The Morgan fingerprint density at radius 2 is 2.00 bits per heavy atom. The molecule has 1 atom stereocenters. The van der Waals surface area contributed by atoms with Gasteiger partial charge in [-0.15, -0.1) is 0 Å². The molecule has 1 heterocycles. The van der Waals surface area contributed by atoms with E-state index in [0.717, 1.165) is 28.1 Å². The van der Waals surface area contributed by atoms with Gasteiger partial charge >= 0.3 is 0 Å². The van der Waals surface area contributed by atoms with Crippen molar-refractivity contribution in [2.24, 2.45) is 5.73 Å². The first-order chi connectivity index (χ1) is 9.13. The SMILES string of the molecule is CCOc1ccccc1C(N)c1ncc(C)cc1C. The van der Waals surface area contributed by atoms with Crippen molar-refractivity contribution in [3.8, 4) is 5.75 Å². The van der Waals surface area contributed by atoms with E-state index in [1.807, 2.05) is 51.2 Å². The third-order valence-corrected chi connectivity index (χ3v) is 3.10. The van der Waals surface area contributed by atoms with Crippen LogP contribution in [0.2, 0.25) is 0 Å². The summed E-state index contributed by atoms with van der Waals surface area (Å²) in [5.74, 6) is 0.833. The highest BCUT2D eigenvalue weighted by atomic mass is 16.5. The van der Waals surface area contributed by atoms with E-state index in [1.165, 1.54) is 0 Å². The molecule has 0 saturated heterocycles. The van der Waals surface area contributed by atoms with Crippen LogP contribution in [-0.2, 0) is 0 Å². The van der Waals surface area contributed by atoms with Crippen molar-refractivity contribution in [2.45, 2.75) is 26.8 Å². The smallest absolute Gasteiger partial charge is 0.124 e. The van der Waals surface area contributed by atoms with Gasteiger partial charge in [-0.2, -0.15) is 0 Å². The van der Waals surface area contributed by atoms with Crippen molar-refractivity contribution >= 4 is 0 Å². The van der Waals surface area contributed by atoms with Crippen LogP contribution in [0.4, 0.5) is 0 Å². The minimum Gasteiger partial charge on any atom is -0.494 e. The molecule has 0 radical (unpaired) electrons. The quantitative estimate of drug-likeness (QED) is 0.914. The van der Waals surface area contributed by atoms with E-state index in [4.69, 9.17) is 10.5 Å². The van der Waals surface area contributed by atoms with Crippen LogP contribution in [0.1, 0.15) is 35.3 Å². The lowest BCUT2D eigenvalue weighted by Gasteiger charge is -2.18. The summed E-state index contributed by atoms with van der Waals surface area (Å²) in [5, 5.41) is 0. The lowest BCUT2D eigenvalue weighted by atomic mass is 9.99. The second kappa shape index (κ2) is 5.85. The number of nitrogens with zero attached hydrogens (tertiary/aromatic N) is 1. The molecule has 2 N–H and O–H groups in total. The van der Waals surface area contributed by atoms with Gasteiger partial charge in [0.15, 0.2) is 0 Å². The molecule has 1 aromatic carbocycles. The Morgan fingerprint density at radius 1 is 1.26 bits per heavy atom. The van der Waals surface area contributed by atoms with Gasteiger partial charge in [-0.05, 0) is 38.0 Å². The number of hydrogen-bond donors (Lipinski definition) is 1. The Labute approximate surface area is 114 Å². The molecule has 0 saturated carbocycles. The number of rotatable bonds is 4. The topological polar surface area (TPSA) is 48.1 Å². The van der Waals surface area contributed by atoms with Gasteiger partial charge in [-0.1, -0.05) is 24.3 Å². The Balaban J connectivity index is 2.41. The van der Waals surface area contributed by atoms with Crippen LogP contribution in [0, 0.1) is 13.8 Å². The van der Waals surface area contributed by atoms with Crippen LogP contribution in [0.25, 0.3) is 0 Å². The number of benzene rings is 1. The summed E-state index contributed by atoms with van der Waals surface area (Å²) in [5.41, 5.74) is 10.5. The molecule has 0 spiro atoms. The number of hydrogen-bond acceptors (Lipinski definition) is 3. The molecule has 1 unspecified atom stereocenters. The van der Waals surface area contributed by atoms with Crippen molar-refractivity contribution in [2.75, 3.05) is 6.61 Å². The summed E-state index contributed by atoms with van der Waals surface area (Å²) in [6.07, 6.45) is 1.85. The average Bonchev–Trinajstić information content (AvgIpc) is 2.39. The number of para-hydroxylation sites is 1. The minimum atomic E-state index is -0.261.